The number of nitrogens with two attached hydrogens (primary N) is 1. The zero-order valence-electron chi connectivity index (χ0n) is 12.3. The molecule has 0 spiro atoms. The molecule has 0 heterocycles. The molecule has 0 aromatic heterocycles. The van der Waals surface area contributed by atoms with E-state index < -0.39 is 0 Å². The van der Waals surface area contributed by atoms with Crippen molar-refractivity contribution in [2.24, 2.45) is 5.73 Å². The van der Waals surface area contributed by atoms with Gasteiger partial charge in [-0.25, -0.2) is 0 Å². The Morgan fingerprint density at radius 1 is 1.45 bits per heavy atom. The standard InChI is InChI=1S/C16H24N2O2/c1-3-13(17)10-16(19)18(14-8-9-14)11-12-6-4-5-7-15(12)20-2/h4-7,13-14H,3,8-11,17H2,1-2H3. The van der Waals surface area contributed by atoms with Crippen LogP contribution < -0.4 is 10.5 Å². The molecule has 0 saturated heterocycles. The summed E-state index contributed by atoms with van der Waals surface area (Å²) in [4.78, 5) is 14.4. The monoisotopic (exact) mass is 276 g/mol. The average Bonchev–Trinajstić information content (AvgIpc) is 3.29. The molecule has 1 aromatic rings. The summed E-state index contributed by atoms with van der Waals surface area (Å²) in [5.41, 5.74) is 6.97. The summed E-state index contributed by atoms with van der Waals surface area (Å²) in [6, 6.07) is 8.21. The molecule has 20 heavy (non-hydrogen) atoms. The third-order valence-electron chi connectivity index (χ3n) is 3.80. The Hall–Kier alpha value is -1.55. The maximum Gasteiger partial charge on any atom is 0.224 e. The molecule has 1 atom stereocenters. The molecule has 1 unspecified atom stereocenters. The van der Waals surface area contributed by atoms with Crippen molar-refractivity contribution < 1.29 is 9.53 Å². The zero-order chi connectivity index (χ0) is 14.5. The first-order chi connectivity index (χ1) is 9.65. The number of hydrogen-bond acceptors (Lipinski definition) is 3. The van der Waals surface area contributed by atoms with Crippen molar-refractivity contribution in [2.45, 2.75) is 51.2 Å². The van der Waals surface area contributed by atoms with Crippen LogP contribution in [-0.4, -0.2) is 30.0 Å². The average molecular weight is 276 g/mol. The Morgan fingerprint density at radius 3 is 2.75 bits per heavy atom. The van der Waals surface area contributed by atoms with Crippen LogP contribution in [-0.2, 0) is 11.3 Å². The highest BCUT2D eigenvalue weighted by molar-refractivity contribution is 5.77. The van der Waals surface area contributed by atoms with Gasteiger partial charge in [0.2, 0.25) is 5.91 Å². The van der Waals surface area contributed by atoms with Crippen molar-refractivity contribution >= 4 is 5.91 Å². The van der Waals surface area contributed by atoms with Crippen molar-refractivity contribution in [3.8, 4) is 5.75 Å². The van der Waals surface area contributed by atoms with Gasteiger partial charge in [-0.05, 0) is 25.3 Å². The number of carbonyl (C=O) groups excluding carboxylic acids is 1. The second-order valence-electron chi connectivity index (χ2n) is 5.44. The number of carbonyl (C=O) groups is 1. The molecule has 2 N–H and O–H groups in total. The van der Waals surface area contributed by atoms with Crippen molar-refractivity contribution in [3.63, 3.8) is 0 Å². The summed E-state index contributed by atoms with van der Waals surface area (Å²) in [7, 11) is 1.66. The van der Waals surface area contributed by atoms with Gasteiger partial charge in [0, 0.05) is 30.6 Å². The third kappa shape index (κ3) is 3.73. The van der Waals surface area contributed by atoms with E-state index in [4.69, 9.17) is 10.5 Å². The maximum absolute atomic E-state index is 12.4. The quantitative estimate of drug-likeness (QED) is 0.831. The molecule has 1 aromatic carbocycles. The minimum absolute atomic E-state index is 0.0404. The highest BCUT2D eigenvalue weighted by Gasteiger charge is 2.33. The van der Waals surface area contributed by atoms with Crippen LogP contribution in [0.3, 0.4) is 0 Å². The van der Waals surface area contributed by atoms with E-state index in [0.29, 0.717) is 19.0 Å². The highest BCUT2D eigenvalue weighted by Crippen LogP contribution is 2.31. The smallest absolute Gasteiger partial charge is 0.224 e. The van der Waals surface area contributed by atoms with Crippen LogP contribution in [0.2, 0.25) is 0 Å². The number of amides is 1. The molecular formula is C16H24N2O2. The molecule has 0 radical (unpaired) electrons. The van der Waals surface area contributed by atoms with Gasteiger partial charge in [-0.2, -0.15) is 0 Å². The van der Waals surface area contributed by atoms with E-state index in [0.717, 1.165) is 30.6 Å². The van der Waals surface area contributed by atoms with Crippen LogP contribution in [0.5, 0.6) is 5.75 Å². The lowest BCUT2D eigenvalue weighted by Crippen LogP contribution is -2.36. The van der Waals surface area contributed by atoms with E-state index in [1.807, 2.05) is 36.1 Å². The number of benzene rings is 1. The highest BCUT2D eigenvalue weighted by atomic mass is 16.5. The Bertz CT molecular complexity index is 458. The van der Waals surface area contributed by atoms with Crippen LogP contribution >= 0.6 is 0 Å². The number of rotatable bonds is 7. The molecule has 1 saturated carbocycles. The number of hydrogen-bond donors (Lipinski definition) is 1. The molecule has 110 valence electrons. The lowest BCUT2D eigenvalue weighted by molar-refractivity contribution is -0.132. The fraction of sp³-hybridized carbons (Fsp3) is 0.562. The number of nitrogens with zero attached hydrogens (tertiary/aromatic N) is 1. The predicted octanol–water partition coefficient (Wildman–Crippen LogP) is 2.31. The molecule has 1 amide bonds. The first kappa shape index (κ1) is 14.9. The molecule has 2 rings (SSSR count). The molecule has 4 nitrogen and oxygen atoms in total. The van der Waals surface area contributed by atoms with Gasteiger partial charge in [0.25, 0.3) is 0 Å². The third-order valence-corrected chi connectivity index (χ3v) is 3.80. The van der Waals surface area contributed by atoms with Crippen LogP contribution in [0.4, 0.5) is 0 Å². The Morgan fingerprint density at radius 2 is 2.15 bits per heavy atom. The van der Waals surface area contributed by atoms with Crippen molar-refractivity contribution in [2.75, 3.05) is 7.11 Å². The molecule has 1 fully saturated rings. The molecule has 0 bridgehead atoms. The SMILES string of the molecule is CCC(N)CC(=O)N(Cc1ccccc1OC)C1CC1. The Balaban J connectivity index is 2.07. The summed E-state index contributed by atoms with van der Waals surface area (Å²) in [5, 5.41) is 0. The van der Waals surface area contributed by atoms with Gasteiger partial charge < -0.3 is 15.4 Å². The second-order valence-corrected chi connectivity index (χ2v) is 5.44. The van der Waals surface area contributed by atoms with Crippen molar-refractivity contribution in [1.29, 1.82) is 0 Å². The Kier molecular flexibility index (Phi) is 5.01. The first-order valence-electron chi connectivity index (χ1n) is 7.32. The normalized spacial score (nSPS) is 15.8. The molecule has 0 aliphatic heterocycles. The summed E-state index contributed by atoms with van der Waals surface area (Å²) in [6.07, 6.45) is 3.46. The lowest BCUT2D eigenvalue weighted by Gasteiger charge is -2.24. The van der Waals surface area contributed by atoms with Crippen LogP contribution in [0, 0.1) is 0 Å². The van der Waals surface area contributed by atoms with Gasteiger partial charge >= 0.3 is 0 Å². The minimum atomic E-state index is -0.0404. The van der Waals surface area contributed by atoms with E-state index in [2.05, 4.69) is 0 Å². The molecular weight excluding hydrogens is 252 g/mol. The number of para-hydroxylation sites is 1. The van der Waals surface area contributed by atoms with Gasteiger partial charge in [0.1, 0.15) is 5.75 Å². The van der Waals surface area contributed by atoms with Crippen LogP contribution in [0.1, 0.15) is 38.2 Å². The van der Waals surface area contributed by atoms with Gasteiger partial charge in [0.05, 0.1) is 7.11 Å². The predicted molar refractivity (Wildman–Crippen MR) is 79.4 cm³/mol. The summed E-state index contributed by atoms with van der Waals surface area (Å²) in [5.74, 6) is 0.999. The van der Waals surface area contributed by atoms with Crippen LogP contribution in [0.25, 0.3) is 0 Å². The van der Waals surface area contributed by atoms with Gasteiger partial charge in [-0.1, -0.05) is 25.1 Å². The summed E-state index contributed by atoms with van der Waals surface area (Å²) < 4.78 is 5.37. The van der Waals surface area contributed by atoms with Gasteiger partial charge in [0.15, 0.2) is 0 Å². The summed E-state index contributed by atoms with van der Waals surface area (Å²) in [6.45, 7) is 2.63. The number of ether oxygens (including phenoxy) is 1. The van der Waals surface area contributed by atoms with Gasteiger partial charge in [-0.15, -0.1) is 0 Å². The molecule has 1 aliphatic carbocycles. The van der Waals surface area contributed by atoms with Crippen molar-refractivity contribution in [1.82, 2.24) is 4.90 Å². The Labute approximate surface area is 120 Å². The van der Waals surface area contributed by atoms with Gasteiger partial charge in [-0.3, -0.25) is 4.79 Å². The minimum Gasteiger partial charge on any atom is -0.496 e. The second kappa shape index (κ2) is 6.75. The van der Waals surface area contributed by atoms with E-state index in [-0.39, 0.29) is 11.9 Å². The van der Waals surface area contributed by atoms with E-state index in [1.165, 1.54) is 0 Å². The van der Waals surface area contributed by atoms with E-state index in [1.54, 1.807) is 7.11 Å². The van der Waals surface area contributed by atoms with E-state index >= 15 is 0 Å². The largest absolute Gasteiger partial charge is 0.496 e. The maximum atomic E-state index is 12.4. The summed E-state index contributed by atoms with van der Waals surface area (Å²) >= 11 is 0. The number of methoxy groups -OCH3 is 1. The molecule has 4 heteroatoms. The van der Waals surface area contributed by atoms with Crippen molar-refractivity contribution in [3.05, 3.63) is 29.8 Å². The lowest BCUT2D eigenvalue weighted by atomic mass is 10.1. The first-order valence-corrected chi connectivity index (χ1v) is 7.32. The topological polar surface area (TPSA) is 55.6 Å². The van der Waals surface area contributed by atoms with E-state index in [9.17, 15) is 4.79 Å². The fourth-order valence-corrected chi connectivity index (χ4v) is 2.31. The zero-order valence-corrected chi connectivity index (χ0v) is 12.3. The fourth-order valence-electron chi connectivity index (χ4n) is 2.31. The van der Waals surface area contributed by atoms with Crippen LogP contribution in [0.15, 0.2) is 24.3 Å². The molecule has 1 aliphatic rings.